The van der Waals surface area contributed by atoms with Crippen LogP contribution in [0.4, 0.5) is 0 Å². The van der Waals surface area contributed by atoms with Gasteiger partial charge in [-0.15, -0.1) is 0 Å². The summed E-state index contributed by atoms with van der Waals surface area (Å²) in [5.41, 5.74) is 15.7. The Hall–Kier alpha value is -6.13. The van der Waals surface area contributed by atoms with Crippen molar-refractivity contribution in [2.45, 2.75) is 64.2 Å². The fourth-order valence-electron chi connectivity index (χ4n) is 10.1. The molecule has 57 heavy (non-hydrogen) atoms. The van der Waals surface area contributed by atoms with Crippen LogP contribution < -0.4 is 0 Å². The molecule has 6 aromatic carbocycles. The second-order valence-electron chi connectivity index (χ2n) is 16.8. The number of hydrogen-bond donors (Lipinski definition) is 0. The van der Waals surface area contributed by atoms with Crippen molar-refractivity contribution < 1.29 is 4.42 Å². The summed E-state index contributed by atoms with van der Waals surface area (Å²) in [4.78, 5) is 15.4. The molecule has 4 heteroatoms. The van der Waals surface area contributed by atoms with Crippen LogP contribution in [0.2, 0.25) is 0 Å². The molecule has 1 saturated carbocycles. The summed E-state index contributed by atoms with van der Waals surface area (Å²) >= 11 is 0. The van der Waals surface area contributed by atoms with Gasteiger partial charge < -0.3 is 4.42 Å². The third-order valence-electron chi connectivity index (χ3n) is 13.1. The fraction of sp³-hybridized carbons (Fsp3) is 0.226. The number of rotatable bonds is 7. The highest BCUT2D eigenvalue weighted by Gasteiger charge is 2.47. The number of fused-ring (bicyclic) bond motifs is 6. The summed E-state index contributed by atoms with van der Waals surface area (Å²) in [7, 11) is 0. The fourth-order valence-corrected chi connectivity index (χ4v) is 10.1. The molecule has 3 aliphatic carbocycles. The van der Waals surface area contributed by atoms with E-state index in [2.05, 4.69) is 124 Å². The van der Waals surface area contributed by atoms with Crippen LogP contribution >= 0.6 is 0 Å². The van der Waals surface area contributed by atoms with Crippen LogP contribution in [0.5, 0.6) is 0 Å². The molecule has 0 amide bonds. The lowest BCUT2D eigenvalue weighted by Gasteiger charge is -2.38. The zero-order valence-electron chi connectivity index (χ0n) is 32.8. The Morgan fingerprint density at radius 3 is 2.12 bits per heavy atom. The molecule has 11 rings (SSSR count). The van der Waals surface area contributed by atoms with E-state index in [4.69, 9.17) is 19.4 Å². The Morgan fingerprint density at radius 2 is 1.32 bits per heavy atom. The number of nitrogens with zero attached hydrogens (tertiary/aromatic N) is 3. The summed E-state index contributed by atoms with van der Waals surface area (Å²) in [6, 6.07) is 47.7. The van der Waals surface area contributed by atoms with Crippen LogP contribution in [-0.4, -0.2) is 15.0 Å². The molecule has 4 nitrogen and oxygen atoms in total. The van der Waals surface area contributed by atoms with Crippen molar-refractivity contribution in [3.8, 4) is 56.4 Å². The van der Waals surface area contributed by atoms with Crippen molar-refractivity contribution in [3.05, 3.63) is 162 Å². The molecular formula is C53H45N3O. The zero-order valence-corrected chi connectivity index (χ0v) is 32.8. The third-order valence-corrected chi connectivity index (χ3v) is 13.1. The molecule has 3 unspecified atom stereocenters. The minimum absolute atomic E-state index is 0.222. The maximum Gasteiger partial charge on any atom is 0.164 e. The summed E-state index contributed by atoms with van der Waals surface area (Å²) in [6.07, 6.45) is 8.80. The van der Waals surface area contributed by atoms with Crippen molar-refractivity contribution in [2.24, 2.45) is 11.8 Å². The number of aromatic nitrogens is 3. The van der Waals surface area contributed by atoms with Gasteiger partial charge in [-0.3, -0.25) is 0 Å². The topological polar surface area (TPSA) is 51.8 Å². The van der Waals surface area contributed by atoms with Gasteiger partial charge in [0, 0.05) is 32.9 Å². The Morgan fingerprint density at radius 1 is 0.632 bits per heavy atom. The highest BCUT2D eigenvalue weighted by atomic mass is 16.3. The molecular weight excluding hydrogens is 695 g/mol. The van der Waals surface area contributed by atoms with Gasteiger partial charge in [-0.25, -0.2) is 15.0 Å². The lowest BCUT2D eigenvalue weighted by atomic mass is 9.65. The predicted octanol–water partition coefficient (Wildman–Crippen LogP) is 14.0. The van der Waals surface area contributed by atoms with Crippen LogP contribution in [0.1, 0.15) is 75.5 Å². The van der Waals surface area contributed by atoms with E-state index in [0.29, 0.717) is 35.2 Å². The maximum absolute atomic E-state index is 6.30. The van der Waals surface area contributed by atoms with Crippen LogP contribution in [0.25, 0.3) is 78.4 Å². The highest BCUT2D eigenvalue weighted by Crippen LogP contribution is 2.61. The average molecular weight is 740 g/mol. The molecule has 0 radical (unpaired) electrons. The van der Waals surface area contributed by atoms with Crippen molar-refractivity contribution in [3.63, 3.8) is 0 Å². The number of hydrogen-bond acceptors (Lipinski definition) is 4. The molecule has 0 N–H and O–H groups in total. The Bertz CT molecular complexity index is 2900. The SMILES string of the molecule is CCC1CC(C2(C)c3ccccc3-c3c(C4CC4)ccc(-c4cccc(-c5nc(-c6ccccc6)nc(-c6ccc7c(c6)oc6ccccc67)n5)c4)c32)=CC(C)C1. The lowest BCUT2D eigenvalue weighted by molar-refractivity contribution is 0.373. The van der Waals surface area contributed by atoms with Gasteiger partial charge in [0.1, 0.15) is 11.2 Å². The minimum atomic E-state index is -0.222. The Kier molecular flexibility index (Phi) is 7.93. The second kappa shape index (κ2) is 13.2. The summed E-state index contributed by atoms with van der Waals surface area (Å²) < 4.78 is 6.30. The van der Waals surface area contributed by atoms with Crippen molar-refractivity contribution in [2.75, 3.05) is 0 Å². The molecule has 2 heterocycles. The van der Waals surface area contributed by atoms with Crippen molar-refractivity contribution >= 4 is 21.9 Å². The molecule has 3 aliphatic rings. The van der Waals surface area contributed by atoms with Crippen LogP contribution in [0.15, 0.2) is 150 Å². The number of furan rings is 1. The number of benzene rings is 6. The molecule has 0 saturated heterocycles. The largest absolute Gasteiger partial charge is 0.456 e. The van der Waals surface area contributed by atoms with E-state index in [1.807, 2.05) is 36.4 Å². The van der Waals surface area contributed by atoms with Crippen molar-refractivity contribution in [1.82, 2.24) is 15.0 Å². The minimum Gasteiger partial charge on any atom is -0.456 e. The van der Waals surface area contributed by atoms with E-state index >= 15 is 0 Å². The Balaban J connectivity index is 1.09. The summed E-state index contributed by atoms with van der Waals surface area (Å²) in [6.45, 7) is 7.31. The normalized spacial score (nSPS) is 20.1. The third kappa shape index (κ3) is 5.60. The van der Waals surface area contributed by atoms with Crippen molar-refractivity contribution in [1.29, 1.82) is 0 Å². The van der Waals surface area contributed by atoms with E-state index in [9.17, 15) is 0 Å². The molecule has 3 atom stereocenters. The Labute approximate surface area is 334 Å². The summed E-state index contributed by atoms with van der Waals surface area (Å²) in [5.74, 6) is 3.82. The quantitative estimate of drug-likeness (QED) is 0.153. The van der Waals surface area contributed by atoms with E-state index < -0.39 is 0 Å². The van der Waals surface area contributed by atoms with Gasteiger partial charge in [0.25, 0.3) is 0 Å². The first kappa shape index (κ1) is 34.1. The second-order valence-corrected chi connectivity index (χ2v) is 16.8. The van der Waals surface area contributed by atoms with Crippen LogP contribution in [0, 0.1) is 11.8 Å². The van der Waals surface area contributed by atoms with Gasteiger partial charge in [0.2, 0.25) is 0 Å². The van der Waals surface area contributed by atoms with Gasteiger partial charge in [0.15, 0.2) is 17.5 Å². The van der Waals surface area contributed by atoms with E-state index in [1.165, 1.54) is 64.6 Å². The van der Waals surface area contributed by atoms with Gasteiger partial charge in [0.05, 0.1) is 0 Å². The highest BCUT2D eigenvalue weighted by molar-refractivity contribution is 6.05. The average Bonchev–Trinajstić information content (AvgIpc) is 3.99. The predicted molar refractivity (Wildman–Crippen MR) is 233 cm³/mol. The molecule has 8 aromatic rings. The standard InChI is InChI=1S/C53H45N3O/c1-4-33-27-32(2)28-39(29-33)53(3)45-19-10-8-18-44(45)48-40(34-21-22-34)25-26-41(49(48)53)36-15-12-16-37(30-36)51-54-50(35-13-6-5-7-14-35)55-52(56-51)38-23-24-43-42-17-9-11-20-46(42)57-47(43)31-38/h5-20,23-26,28,30-34H,4,21-22,27,29H2,1-3H3. The van der Waals surface area contributed by atoms with Gasteiger partial charge in [-0.2, -0.15) is 0 Å². The van der Waals surface area contributed by atoms with Crippen LogP contribution in [0.3, 0.4) is 0 Å². The number of para-hydroxylation sites is 1. The van der Waals surface area contributed by atoms with Crippen LogP contribution in [-0.2, 0) is 5.41 Å². The van der Waals surface area contributed by atoms with E-state index in [1.54, 1.807) is 5.57 Å². The number of allylic oxidation sites excluding steroid dienone is 2. The van der Waals surface area contributed by atoms with Gasteiger partial charge in [-0.05, 0) is 114 Å². The molecule has 278 valence electrons. The summed E-state index contributed by atoms with van der Waals surface area (Å²) in [5, 5.41) is 2.19. The molecule has 0 bridgehead atoms. The monoisotopic (exact) mass is 739 g/mol. The zero-order chi connectivity index (χ0) is 38.3. The lowest BCUT2D eigenvalue weighted by Crippen LogP contribution is -2.29. The first-order valence-corrected chi connectivity index (χ1v) is 20.8. The first-order chi connectivity index (χ1) is 28.0. The van der Waals surface area contributed by atoms with Gasteiger partial charge in [-0.1, -0.05) is 141 Å². The molecule has 1 fully saturated rings. The smallest absolute Gasteiger partial charge is 0.164 e. The molecule has 0 spiro atoms. The molecule has 0 aliphatic heterocycles. The van der Waals surface area contributed by atoms with E-state index in [0.717, 1.165) is 45.0 Å². The van der Waals surface area contributed by atoms with E-state index in [-0.39, 0.29) is 5.41 Å². The molecule has 2 aromatic heterocycles. The van der Waals surface area contributed by atoms with Gasteiger partial charge >= 0.3 is 0 Å². The first-order valence-electron chi connectivity index (χ1n) is 20.8. The maximum atomic E-state index is 6.30.